The average molecular weight is 209 g/mol. The van der Waals surface area contributed by atoms with E-state index in [0.29, 0.717) is 5.56 Å². The molecule has 84 valence electrons. The van der Waals surface area contributed by atoms with Gasteiger partial charge in [-0.1, -0.05) is 20.8 Å². The summed E-state index contributed by atoms with van der Waals surface area (Å²) in [4.78, 5) is 11.8. The molecule has 1 aromatic rings. The zero-order valence-electron chi connectivity index (χ0n) is 10.0. The van der Waals surface area contributed by atoms with E-state index in [9.17, 15) is 4.79 Å². The van der Waals surface area contributed by atoms with E-state index >= 15 is 0 Å². The Hall–Kier alpha value is -1.32. The average Bonchev–Trinajstić information content (AvgIpc) is 2.48. The third-order valence-corrected chi connectivity index (χ3v) is 2.02. The molecule has 1 amide bonds. The second-order valence-corrected chi connectivity index (χ2v) is 5.03. The molecule has 0 radical (unpaired) electrons. The van der Waals surface area contributed by atoms with Gasteiger partial charge in [-0.3, -0.25) is 9.89 Å². The number of aromatic nitrogens is 2. The lowest BCUT2D eigenvalue weighted by Gasteiger charge is -2.17. The summed E-state index contributed by atoms with van der Waals surface area (Å²) < 4.78 is 0. The molecule has 0 aliphatic rings. The van der Waals surface area contributed by atoms with Gasteiger partial charge in [-0.05, 0) is 13.8 Å². The van der Waals surface area contributed by atoms with E-state index in [1.54, 1.807) is 6.20 Å². The molecule has 0 atom stereocenters. The summed E-state index contributed by atoms with van der Waals surface area (Å²) >= 11 is 0. The minimum atomic E-state index is -0.121. The van der Waals surface area contributed by atoms with Gasteiger partial charge in [0.05, 0.1) is 11.3 Å². The summed E-state index contributed by atoms with van der Waals surface area (Å²) in [5.41, 5.74) is 1.32. The largest absolute Gasteiger partial charge is 0.350 e. The normalized spacial score (nSPS) is 11.9. The molecule has 0 bridgehead atoms. The first kappa shape index (κ1) is 11.8. The Morgan fingerprint density at radius 3 is 2.53 bits per heavy atom. The molecule has 0 aliphatic heterocycles. The molecule has 0 fully saturated rings. The van der Waals surface area contributed by atoms with Crippen LogP contribution in [0.5, 0.6) is 0 Å². The molecule has 0 unspecified atom stereocenters. The number of carbonyl (C=O) groups is 1. The molecule has 0 aliphatic carbocycles. The number of H-pyrrole nitrogens is 1. The van der Waals surface area contributed by atoms with Crippen molar-refractivity contribution >= 4 is 5.91 Å². The van der Waals surface area contributed by atoms with Crippen LogP contribution in [-0.2, 0) is 5.41 Å². The Morgan fingerprint density at radius 2 is 2.07 bits per heavy atom. The maximum absolute atomic E-state index is 11.8. The minimum Gasteiger partial charge on any atom is -0.350 e. The molecule has 1 aromatic heterocycles. The van der Waals surface area contributed by atoms with E-state index in [0.717, 1.165) is 5.69 Å². The maximum Gasteiger partial charge on any atom is 0.254 e. The van der Waals surface area contributed by atoms with Crippen molar-refractivity contribution in [3.05, 3.63) is 17.5 Å². The van der Waals surface area contributed by atoms with Crippen molar-refractivity contribution in [2.45, 2.75) is 46.1 Å². The third kappa shape index (κ3) is 2.81. The quantitative estimate of drug-likeness (QED) is 0.781. The molecule has 4 nitrogen and oxygen atoms in total. The molecule has 1 rings (SSSR count). The van der Waals surface area contributed by atoms with Crippen LogP contribution in [0, 0.1) is 0 Å². The summed E-state index contributed by atoms with van der Waals surface area (Å²) in [7, 11) is 0. The van der Waals surface area contributed by atoms with Crippen molar-refractivity contribution in [2.24, 2.45) is 0 Å². The van der Waals surface area contributed by atoms with E-state index in [1.165, 1.54) is 0 Å². The van der Waals surface area contributed by atoms with Gasteiger partial charge in [-0.2, -0.15) is 5.10 Å². The van der Waals surface area contributed by atoms with E-state index in [4.69, 9.17) is 0 Å². The molecule has 4 heteroatoms. The summed E-state index contributed by atoms with van der Waals surface area (Å²) in [6.07, 6.45) is 1.65. The van der Waals surface area contributed by atoms with Gasteiger partial charge >= 0.3 is 0 Å². The van der Waals surface area contributed by atoms with Crippen molar-refractivity contribution in [2.75, 3.05) is 0 Å². The number of hydrogen-bond acceptors (Lipinski definition) is 2. The van der Waals surface area contributed by atoms with Crippen LogP contribution < -0.4 is 5.32 Å². The van der Waals surface area contributed by atoms with Gasteiger partial charge in [0, 0.05) is 17.7 Å². The summed E-state index contributed by atoms with van der Waals surface area (Å²) in [5.74, 6) is -0.0660. The van der Waals surface area contributed by atoms with Gasteiger partial charge in [-0.15, -0.1) is 0 Å². The Morgan fingerprint density at radius 1 is 1.47 bits per heavy atom. The van der Waals surface area contributed by atoms with Crippen LogP contribution in [0.3, 0.4) is 0 Å². The van der Waals surface area contributed by atoms with Crippen molar-refractivity contribution in [3.8, 4) is 0 Å². The van der Waals surface area contributed by atoms with Gasteiger partial charge in [0.1, 0.15) is 0 Å². The molecular formula is C11H19N3O. The number of carbonyl (C=O) groups excluding carboxylic acids is 1. The van der Waals surface area contributed by atoms with E-state index in [2.05, 4.69) is 15.5 Å². The van der Waals surface area contributed by atoms with Crippen molar-refractivity contribution in [3.63, 3.8) is 0 Å². The lowest BCUT2D eigenvalue weighted by atomic mass is 9.89. The molecule has 15 heavy (non-hydrogen) atoms. The first-order valence-corrected chi connectivity index (χ1v) is 5.17. The number of nitrogens with one attached hydrogen (secondary N) is 2. The van der Waals surface area contributed by atoms with E-state index in [-0.39, 0.29) is 17.4 Å². The zero-order chi connectivity index (χ0) is 11.6. The van der Waals surface area contributed by atoms with Gasteiger partial charge < -0.3 is 5.32 Å². The number of hydrogen-bond donors (Lipinski definition) is 2. The maximum atomic E-state index is 11.8. The fourth-order valence-electron chi connectivity index (χ4n) is 1.37. The number of amides is 1. The van der Waals surface area contributed by atoms with E-state index < -0.39 is 0 Å². The van der Waals surface area contributed by atoms with Crippen LogP contribution in [0.25, 0.3) is 0 Å². The fraction of sp³-hybridized carbons (Fsp3) is 0.636. The highest BCUT2D eigenvalue weighted by atomic mass is 16.1. The minimum absolute atomic E-state index is 0.0660. The second-order valence-electron chi connectivity index (χ2n) is 5.03. The molecule has 0 spiro atoms. The van der Waals surface area contributed by atoms with Crippen molar-refractivity contribution < 1.29 is 4.79 Å². The predicted octanol–water partition coefficient (Wildman–Crippen LogP) is 1.85. The molecule has 1 heterocycles. The van der Waals surface area contributed by atoms with Gasteiger partial charge in [0.2, 0.25) is 0 Å². The second kappa shape index (κ2) is 4.04. The SMILES string of the molecule is CC(C)NC(=O)c1c[nH]nc1C(C)(C)C. The Balaban J connectivity index is 2.96. The first-order chi connectivity index (χ1) is 6.82. The molecule has 2 N–H and O–H groups in total. The molecular weight excluding hydrogens is 190 g/mol. The third-order valence-electron chi connectivity index (χ3n) is 2.02. The Kier molecular flexibility index (Phi) is 3.17. The summed E-state index contributed by atoms with van der Waals surface area (Å²) in [6.45, 7) is 9.99. The topological polar surface area (TPSA) is 57.8 Å². The Bertz CT molecular complexity index is 347. The number of aromatic amines is 1. The monoisotopic (exact) mass is 209 g/mol. The molecule has 0 saturated carbocycles. The van der Waals surface area contributed by atoms with Gasteiger partial charge in [0.15, 0.2) is 0 Å². The lowest BCUT2D eigenvalue weighted by molar-refractivity contribution is 0.0941. The summed E-state index contributed by atoms with van der Waals surface area (Å²) in [5, 5.41) is 9.74. The van der Waals surface area contributed by atoms with Crippen molar-refractivity contribution in [1.29, 1.82) is 0 Å². The van der Waals surface area contributed by atoms with Gasteiger partial charge in [0.25, 0.3) is 5.91 Å². The van der Waals surface area contributed by atoms with E-state index in [1.807, 2.05) is 34.6 Å². The first-order valence-electron chi connectivity index (χ1n) is 5.17. The molecule has 0 saturated heterocycles. The smallest absolute Gasteiger partial charge is 0.254 e. The van der Waals surface area contributed by atoms with Crippen molar-refractivity contribution in [1.82, 2.24) is 15.5 Å². The standard InChI is InChI=1S/C11H19N3O/c1-7(2)13-10(15)8-6-12-14-9(8)11(3,4)5/h6-7H,1-5H3,(H,12,14)(H,13,15). The van der Waals surface area contributed by atoms with Crippen LogP contribution in [-0.4, -0.2) is 22.1 Å². The van der Waals surface area contributed by atoms with Crippen LogP contribution in [0.1, 0.15) is 50.7 Å². The highest BCUT2D eigenvalue weighted by Crippen LogP contribution is 2.23. The fourth-order valence-corrected chi connectivity index (χ4v) is 1.37. The van der Waals surface area contributed by atoms with Gasteiger partial charge in [-0.25, -0.2) is 0 Å². The predicted molar refractivity (Wildman–Crippen MR) is 59.9 cm³/mol. The van der Waals surface area contributed by atoms with Crippen LogP contribution in [0.15, 0.2) is 6.20 Å². The summed E-state index contributed by atoms with van der Waals surface area (Å²) in [6, 6.07) is 0.139. The van der Waals surface area contributed by atoms with Crippen LogP contribution in [0.4, 0.5) is 0 Å². The Labute approximate surface area is 90.5 Å². The molecule has 0 aromatic carbocycles. The lowest BCUT2D eigenvalue weighted by Crippen LogP contribution is -2.31. The number of nitrogens with zero attached hydrogens (tertiary/aromatic N) is 1. The highest BCUT2D eigenvalue weighted by molar-refractivity contribution is 5.95. The zero-order valence-corrected chi connectivity index (χ0v) is 10.0. The van der Waals surface area contributed by atoms with Crippen LogP contribution in [0.2, 0.25) is 0 Å². The highest BCUT2D eigenvalue weighted by Gasteiger charge is 2.24. The van der Waals surface area contributed by atoms with Crippen LogP contribution >= 0.6 is 0 Å². The number of rotatable bonds is 2.